The van der Waals surface area contributed by atoms with Crippen molar-refractivity contribution in [3.8, 4) is 5.75 Å². The Bertz CT molecular complexity index is 634. The normalized spacial score (nSPS) is 21.4. The Kier molecular flexibility index (Phi) is 2.76. The maximum absolute atomic E-state index is 12.5. The number of alkyl halides is 3. The standard InChI is InChI=1S/C15H11F3O2/c16-15(17,18)11-7-5-10(6-8-11)14(19)9-20-13-4-2-1-3-12(13)14/h1-8,19H,9H2/t14-/m1/s1. The second-order valence-electron chi connectivity index (χ2n) is 4.72. The van der Waals surface area contributed by atoms with E-state index in [1.807, 2.05) is 0 Å². The first-order valence-electron chi connectivity index (χ1n) is 6.04. The van der Waals surface area contributed by atoms with Crippen LogP contribution in [0.5, 0.6) is 5.75 Å². The van der Waals surface area contributed by atoms with Crippen molar-refractivity contribution >= 4 is 0 Å². The van der Waals surface area contributed by atoms with E-state index in [1.54, 1.807) is 24.3 Å². The smallest absolute Gasteiger partial charge is 0.416 e. The van der Waals surface area contributed by atoms with Crippen LogP contribution in [0.3, 0.4) is 0 Å². The summed E-state index contributed by atoms with van der Waals surface area (Å²) in [6.07, 6.45) is -4.38. The predicted octanol–water partition coefficient (Wildman–Crippen LogP) is 3.33. The van der Waals surface area contributed by atoms with Crippen LogP contribution in [-0.2, 0) is 11.8 Å². The van der Waals surface area contributed by atoms with Crippen molar-refractivity contribution < 1.29 is 23.0 Å². The summed E-state index contributed by atoms with van der Waals surface area (Å²) in [5.74, 6) is 0.551. The molecule has 0 aromatic heterocycles. The summed E-state index contributed by atoms with van der Waals surface area (Å²) in [5, 5.41) is 10.7. The highest BCUT2D eigenvalue weighted by molar-refractivity contribution is 5.48. The van der Waals surface area contributed by atoms with Gasteiger partial charge >= 0.3 is 6.18 Å². The third kappa shape index (κ3) is 1.94. The lowest BCUT2D eigenvalue weighted by Gasteiger charge is -2.22. The molecule has 1 aliphatic rings. The quantitative estimate of drug-likeness (QED) is 0.868. The van der Waals surface area contributed by atoms with Gasteiger partial charge in [0.2, 0.25) is 0 Å². The first-order chi connectivity index (χ1) is 9.41. The van der Waals surface area contributed by atoms with Crippen LogP contribution in [0.4, 0.5) is 13.2 Å². The fraction of sp³-hybridized carbons (Fsp3) is 0.200. The zero-order chi connectivity index (χ0) is 14.4. The highest BCUT2D eigenvalue weighted by Gasteiger charge is 2.40. The number of halogens is 3. The Morgan fingerprint density at radius 2 is 1.65 bits per heavy atom. The molecule has 1 aliphatic heterocycles. The zero-order valence-corrected chi connectivity index (χ0v) is 10.3. The van der Waals surface area contributed by atoms with Crippen molar-refractivity contribution in [2.75, 3.05) is 6.61 Å². The van der Waals surface area contributed by atoms with Crippen LogP contribution in [-0.4, -0.2) is 11.7 Å². The molecule has 2 nitrogen and oxygen atoms in total. The molecule has 0 saturated heterocycles. The molecule has 20 heavy (non-hydrogen) atoms. The van der Waals surface area contributed by atoms with Crippen molar-refractivity contribution in [1.29, 1.82) is 0 Å². The number of aliphatic hydroxyl groups is 1. The summed E-state index contributed by atoms with van der Waals surface area (Å²) >= 11 is 0. The number of rotatable bonds is 1. The zero-order valence-electron chi connectivity index (χ0n) is 10.3. The number of hydrogen-bond acceptors (Lipinski definition) is 2. The van der Waals surface area contributed by atoms with Crippen molar-refractivity contribution in [3.05, 3.63) is 65.2 Å². The van der Waals surface area contributed by atoms with Crippen LogP contribution in [0.2, 0.25) is 0 Å². The van der Waals surface area contributed by atoms with E-state index in [0.717, 1.165) is 12.1 Å². The van der Waals surface area contributed by atoms with Gasteiger partial charge in [-0.1, -0.05) is 30.3 Å². The number of hydrogen-bond donors (Lipinski definition) is 1. The fourth-order valence-electron chi connectivity index (χ4n) is 2.37. The van der Waals surface area contributed by atoms with E-state index in [4.69, 9.17) is 4.74 Å². The number of para-hydroxylation sites is 1. The van der Waals surface area contributed by atoms with Gasteiger partial charge in [-0.2, -0.15) is 13.2 Å². The van der Waals surface area contributed by atoms with E-state index < -0.39 is 17.3 Å². The van der Waals surface area contributed by atoms with Crippen LogP contribution in [0.1, 0.15) is 16.7 Å². The monoisotopic (exact) mass is 280 g/mol. The van der Waals surface area contributed by atoms with E-state index >= 15 is 0 Å². The van der Waals surface area contributed by atoms with E-state index in [-0.39, 0.29) is 6.61 Å². The van der Waals surface area contributed by atoms with Gasteiger partial charge in [0.15, 0.2) is 5.60 Å². The number of ether oxygens (including phenoxy) is 1. The highest BCUT2D eigenvalue weighted by Crippen LogP contribution is 2.42. The predicted molar refractivity (Wildman–Crippen MR) is 66.4 cm³/mol. The summed E-state index contributed by atoms with van der Waals surface area (Å²) < 4.78 is 43.0. The van der Waals surface area contributed by atoms with Crippen LogP contribution in [0, 0.1) is 0 Å². The molecule has 3 rings (SSSR count). The fourth-order valence-corrected chi connectivity index (χ4v) is 2.37. The van der Waals surface area contributed by atoms with Gasteiger partial charge in [-0.15, -0.1) is 0 Å². The molecule has 5 heteroatoms. The molecule has 0 spiro atoms. The van der Waals surface area contributed by atoms with E-state index in [2.05, 4.69) is 0 Å². The molecular formula is C15H11F3O2. The average Bonchev–Trinajstić information content (AvgIpc) is 2.78. The summed E-state index contributed by atoms with van der Waals surface area (Å²) in [6, 6.07) is 11.5. The van der Waals surface area contributed by atoms with Crippen molar-refractivity contribution in [2.45, 2.75) is 11.8 Å². The lowest BCUT2D eigenvalue weighted by molar-refractivity contribution is -0.137. The Balaban J connectivity index is 2.02. The molecule has 0 bridgehead atoms. The van der Waals surface area contributed by atoms with Gasteiger partial charge in [0.05, 0.1) is 5.56 Å². The van der Waals surface area contributed by atoms with Crippen molar-refractivity contribution in [1.82, 2.24) is 0 Å². The Morgan fingerprint density at radius 3 is 2.30 bits per heavy atom. The molecule has 0 aliphatic carbocycles. The Morgan fingerprint density at radius 1 is 1.00 bits per heavy atom. The largest absolute Gasteiger partial charge is 0.489 e. The van der Waals surface area contributed by atoms with E-state index in [9.17, 15) is 18.3 Å². The van der Waals surface area contributed by atoms with Gasteiger partial charge in [0, 0.05) is 5.56 Å². The Labute approximate surface area is 113 Å². The summed E-state index contributed by atoms with van der Waals surface area (Å²) in [7, 11) is 0. The molecule has 0 saturated carbocycles. The highest BCUT2D eigenvalue weighted by atomic mass is 19.4. The van der Waals surface area contributed by atoms with Gasteiger partial charge in [0.1, 0.15) is 12.4 Å². The van der Waals surface area contributed by atoms with E-state index in [0.29, 0.717) is 16.9 Å². The Hall–Kier alpha value is -2.01. The number of fused-ring (bicyclic) bond motifs is 1. The van der Waals surface area contributed by atoms with Gasteiger partial charge in [-0.3, -0.25) is 0 Å². The minimum Gasteiger partial charge on any atom is -0.489 e. The molecule has 1 heterocycles. The second-order valence-corrected chi connectivity index (χ2v) is 4.72. The SMILES string of the molecule is O[C@@]1(c2ccc(C(F)(F)F)cc2)COc2ccccc21. The molecule has 0 amide bonds. The first-order valence-corrected chi connectivity index (χ1v) is 6.04. The lowest BCUT2D eigenvalue weighted by Crippen LogP contribution is -2.29. The molecular weight excluding hydrogens is 269 g/mol. The summed E-state index contributed by atoms with van der Waals surface area (Å²) in [6.45, 7) is -0.00227. The molecule has 0 fully saturated rings. The molecule has 1 N–H and O–H groups in total. The number of benzene rings is 2. The topological polar surface area (TPSA) is 29.5 Å². The first kappa shape index (κ1) is 13.0. The molecule has 1 atom stereocenters. The summed E-state index contributed by atoms with van der Waals surface area (Å²) in [4.78, 5) is 0. The molecule has 0 radical (unpaired) electrons. The average molecular weight is 280 g/mol. The molecule has 0 unspecified atom stereocenters. The van der Waals surface area contributed by atoms with Gasteiger partial charge in [-0.25, -0.2) is 0 Å². The van der Waals surface area contributed by atoms with Gasteiger partial charge < -0.3 is 9.84 Å². The van der Waals surface area contributed by atoms with Crippen LogP contribution in [0.25, 0.3) is 0 Å². The van der Waals surface area contributed by atoms with Crippen LogP contribution in [0.15, 0.2) is 48.5 Å². The van der Waals surface area contributed by atoms with Crippen molar-refractivity contribution in [2.24, 2.45) is 0 Å². The third-order valence-electron chi connectivity index (χ3n) is 3.46. The van der Waals surface area contributed by atoms with Crippen LogP contribution < -0.4 is 4.74 Å². The van der Waals surface area contributed by atoms with Gasteiger partial charge in [0.25, 0.3) is 0 Å². The van der Waals surface area contributed by atoms with Crippen LogP contribution >= 0.6 is 0 Å². The molecule has 104 valence electrons. The minimum absolute atomic E-state index is 0.00227. The van der Waals surface area contributed by atoms with Gasteiger partial charge in [-0.05, 0) is 23.8 Å². The molecule has 2 aromatic carbocycles. The summed E-state index contributed by atoms with van der Waals surface area (Å²) in [5.41, 5.74) is -1.19. The minimum atomic E-state index is -4.38. The lowest BCUT2D eigenvalue weighted by atomic mass is 9.88. The van der Waals surface area contributed by atoms with Crippen molar-refractivity contribution in [3.63, 3.8) is 0 Å². The third-order valence-corrected chi connectivity index (χ3v) is 3.46. The molecule has 2 aromatic rings. The van der Waals surface area contributed by atoms with E-state index in [1.165, 1.54) is 12.1 Å². The maximum Gasteiger partial charge on any atom is 0.416 e. The second kappa shape index (κ2) is 4.24. The maximum atomic E-state index is 12.5.